The lowest BCUT2D eigenvalue weighted by Gasteiger charge is -2.17. The van der Waals surface area contributed by atoms with Crippen LogP contribution in [0.15, 0.2) is 0 Å². The molecule has 0 radical (unpaired) electrons. The molecule has 70 valence electrons. The summed E-state index contributed by atoms with van der Waals surface area (Å²) in [5, 5.41) is 1.07. The van der Waals surface area contributed by atoms with E-state index in [1.807, 2.05) is 0 Å². The summed E-state index contributed by atoms with van der Waals surface area (Å²) in [6, 6.07) is 0. The van der Waals surface area contributed by atoms with E-state index >= 15 is 0 Å². The average molecular weight is 173 g/mol. The second-order valence-corrected chi connectivity index (χ2v) is 2.56. The van der Waals surface area contributed by atoms with Crippen LogP contribution in [0.25, 0.3) is 0 Å². The van der Waals surface area contributed by atoms with E-state index in [0.29, 0.717) is 6.42 Å². The molecule has 0 unspecified atom stereocenters. The first-order chi connectivity index (χ1) is 5.54. The fraction of sp³-hybridized carbons (Fsp3) is 0.750. The number of carbonyl (C=O) groups is 2. The molecule has 4 heteroatoms. The Morgan fingerprint density at radius 1 is 1.50 bits per heavy atom. The molecule has 0 heterocycles. The van der Waals surface area contributed by atoms with Crippen LogP contribution in [0.4, 0.5) is 0 Å². The normalized spacial score (nSPS) is 12.3. The van der Waals surface area contributed by atoms with Crippen molar-refractivity contribution in [3.8, 4) is 0 Å². The van der Waals surface area contributed by atoms with Crippen LogP contribution in [0.2, 0.25) is 0 Å². The Kier molecular flexibility index (Phi) is 4.51. The van der Waals surface area contributed by atoms with Crippen LogP contribution < -0.4 is 0 Å². The highest BCUT2D eigenvalue weighted by molar-refractivity contribution is 6.00. The number of nitrogens with zero attached hydrogens (tertiary/aromatic N) is 1. The minimum absolute atomic E-state index is 0.0658. The molecule has 0 aromatic rings. The van der Waals surface area contributed by atoms with Crippen LogP contribution in [0.5, 0.6) is 0 Å². The number of hydrogen-bond acceptors (Lipinski definition) is 3. The van der Waals surface area contributed by atoms with Crippen LogP contribution in [0, 0.1) is 5.92 Å². The molecule has 4 nitrogen and oxygen atoms in total. The van der Waals surface area contributed by atoms with Crippen LogP contribution in [0.1, 0.15) is 20.3 Å². The van der Waals surface area contributed by atoms with Crippen LogP contribution in [-0.4, -0.2) is 30.9 Å². The minimum Gasteiger partial charge on any atom is -0.299 e. The number of hydrogen-bond donors (Lipinski definition) is 0. The number of amides is 1. The summed E-state index contributed by atoms with van der Waals surface area (Å²) in [4.78, 5) is 27.0. The summed E-state index contributed by atoms with van der Waals surface area (Å²) in [7, 11) is 2.88. The van der Waals surface area contributed by atoms with E-state index < -0.39 is 5.92 Å². The van der Waals surface area contributed by atoms with Crippen molar-refractivity contribution in [3.05, 3.63) is 0 Å². The molecule has 12 heavy (non-hydrogen) atoms. The zero-order valence-electron chi connectivity index (χ0n) is 7.96. The summed E-state index contributed by atoms with van der Waals surface area (Å²) >= 11 is 0. The Morgan fingerprint density at radius 3 is 2.33 bits per heavy atom. The van der Waals surface area contributed by atoms with Gasteiger partial charge in [0.1, 0.15) is 5.78 Å². The quantitative estimate of drug-likeness (QED) is 0.462. The highest BCUT2D eigenvalue weighted by Gasteiger charge is 2.22. The van der Waals surface area contributed by atoms with Gasteiger partial charge in [0.25, 0.3) is 5.91 Å². The van der Waals surface area contributed by atoms with Crippen molar-refractivity contribution >= 4 is 11.7 Å². The van der Waals surface area contributed by atoms with Gasteiger partial charge < -0.3 is 0 Å². The second-order valence-electron chi connectivity index (χ2n) is 2.56. The molecule has 1 atom stereocenters. The molecular weight excluding hydrogens is 158 g/mol. The van der Waals surface area contributed by atoms with E-state index in [-0.39, 0.29) is 11.7 Å². The molecule has 0 aromatic heterocycles. The van der Waals surface area contributed by atoms with E-state index in [2.05, 4.69) is 4.84 Å². The zero-order chi connectivity index (χ0) is 9.72. The molecule has 0 spiro atoms. The molecule has 1 amide bonds. The first-order valence-electron chi connectivity index (χ1n) is 3.89. The van der Waals surface area contributed by atoms with Crippen molar-refractivity contribution in [2.24, 2.45) is 5.92 Å². The summed E-state index contributed by atoms with van der Waals surface area (Å²) in [6.07, 6.45) is 0.379. The molecule has 0 rings (SSSR count). The Hall–Kier alpha value is -0.900. The summed E-state index contributed by atoms with van der Waals surface area (Å²) in [5.74, 6) is -0.965. The standard InChI is InChI=1S/C8H15NO3/c1-5-7(10)6(2)8(11)9(3)12-4/h6H,5H2,1-4H3/t6-/m0/s1. The SMILES string of the molecule is CCC(=O)[C@H](C)C(=O)N(C)OC. The molecule has 0 aliphatic carbocycles. The van der Waals surface area contributed by atoms with Crippen LogP contribution in [-0.2, 0) is 14.4 Å². The summed E-state index contributed by atoms with van der Waals surface area (Å²) in [6.45, 7) is 3.32. The molecule has 0 N–H and O–H groups in total. The maximum Gasteiger partial charge on any atom is 0.256 e. The highest BCUT2D eigenvalue weighted by Crippen LogP contribution is 2.04. The predicted octanol–water partition coefficient (Wildman–Crippen LogP) is 0.621. The monoisotopic (exact) mass is 173 g/mol. The van der Waals surface area contributed by atoms with Crippen LogP contribution in [0.3, 0.4) is 0 Å². The predicted molar refractivity (Wildman–Crippen MR) is 44.2 cm³/mol. The Balaban J connectivity index is 4.19. The van der Waals surface area contributed by atoms with E-state index in [9.17, 15) is 9.59 Å². The third-order valence-electron chi connectivity index (χ3n) is 1.79. The van der Waals surface area contributed by atoms with Gasteiger partial charge in [0.2, 0.25) is 0 Å². The largest absolute Gasteiger partial charge is 0.299 e. The lowest BCUT2D eigenvalue weighted by molar-refractivity contribution is -0.173. The fourth-order valence-corrected chi connectivity index (χ4v) is 0.807. The Labute approximate surface area is 72.4 Å². The van der Waals surface area contributed by atoms with Gasteiger partial charge >= 0.3 is 0 Å². The maximum absolute atomic E-state index is 11.3. The van der Waals surface area contributed by atoms with Gasteiger partial charge in [-0.3, -0.25) is 14.4 Å². The lowest BCUT2D eigenvalue weighted by atomic mass is 10.0. The number of ketones is 1. The van der Waals surface area contributed by atoms with Crippen molar-refractivity contribution in [1.29, 1.82) is 0 Å². The second kappa shape index (κ2) is 4.87. The van der Waals surface area contributed by atoms with Crippen molar-refractivity contribution in [2.75, 3.05) is 14.2 Å². The van der Waals surface area contributed by atoms with Crippen LogP contribution >= 0.6 is 0 Å². The van der Waals surface area contributed by atoms with Gasteiger partial charge in [0.15, 0.2) is 0 Å². The molecule has 0 saturated heterocycles. The average Bonchev–Trinajstić information content (AvgIpc) is 2.12. The topological polar surface area (TPSA) is 46.6 Å². The molecule has 0 aromatic carbocycles. The minimum atomic E-state index is -0.597. The highest BCUT2D eigenvalue weighted by atomic mass is 16.7. The van der Waals surface area contributed by atoms with Crippen molar-refractivity contribution in [1.82, 2.24) is 5.06 Å². The molecule has 0 bridgehead atoms. The van der Waals surface area contributed by atoms with E-state index in [1.54, 1.807) is 13.8 Å². The molecule has 0 aliphatic heterocycles. The van der Waals surface area contributed by atoms with Gasteiger partial charge in [0.05, 0.1) is 13.0 Å². The van der Waals surface area contributed by atoms with Gasteiger partial charge in [-0.1, -0.05) is 6.92 Å². The van der Waals surface area contributed by atoms with Gasteiger partial charge in [0, 0.05) is 13.5 Å². The maximum atomic E-state index is 11.3. The van der Waals surface area contributed by atoms with Crippen molar-refractivity contribution in [3.63, 3.8) is 0 Å². The molecular formula is C8H15NO3. The van der Waals surface area contributed by atoms with Gasteiger partial charge in [-0.2, -0.15) is 0 Å². The molecule has 0 fully saturated rings. The Morgan fingerprint density at radius 2 is 2.00 bits per heavy atom. The number of hydroxylamine groups is 2. The van der Waals surface area contributed by atoms with E-state index in [1.165, 1.54) is 14.2 Å². The summed E-state index contributed by atoms with van der Waals surface area (Å²) < 4.78 is 0. The number of carbonyl (C=O) groups excluding carboxylic acids is 2. The first-order valence-corrected chi connectivity index (χ1v) is 3.89. The molecule has 0 aliphatic rings. The first kappa shape index (κ1) is 11.1. The van der Waals surface area contributed by atoms with Gasteiger partial charge in [-0.05, 0) is 6.92 Å². The molecule has 0 saturated carbocycles. The lowest BCUT2D eigenvalue weighted by Crippen LogP contribution is -2.34. The van der Waals surface area contributed by atoms with Gasteiger partial charge in [-0.25, -0.2) is 5.06 Å². The third kappa shape index (κ3) is 2.62. The van der Waals surface area contributed by atoms with Gasteiger partial charge in [-0.15, -0.1) is 0 Å². The summed E-state index contributed by atoms with van der Waals surface area (Å²) in [5.41, 5.74) is 0. The van der Waals surface area contributed by atoms with E-state index in [0.717, 1.165) is 5.06 Å². The number of rotatable bonds is 4. The van der Waals surface area contributed by atoms with E-state index in [4.69, 9.17) is 0 Å². The van der Waals surface area contributed by atoms with Crippen molar-refractivity contribution < 1.29 is 14.4 Å². The third-order valence-corrected chi connectivity index (χ3v) is 1.79. The smallest absolute Gasteiger partial charge is 0.256 e. The number of Topliss-reactive ketones (excluding diaryl/α,β-unsaturated/α-hetero) is 1. The fourth-order valence-electron chi connectivity index (χ4n) is 0.807. The zero-order valence-corrected chi connectivity index (χ0v) is 7.96. The van der Waals surface area contributed by atoms with Crippen molar-refractivity contribution in [2.45, 2.75) is 20.3 Å². The Bertz CT molecular complexity index is 179.